The van der Waals surface area contributed by atoms with Crippen LogP contribution in [0.4, 0.5) is 0 Å². The molecule has 0 amide bonds. The van der Waals surface area contributed by atoms with Gasteiger partial charge in [0.25, 0.3) is 0 Å². The van der Waals surface area contributed by atoms with Gasteiger partial charge in [0.1, 0.15) is 0 Å². The molecule has 0 heterocycles. The molecule has 0 aromatic carbocycles. The molecule has 0 fully saturated rings. The zero-order chi connectivity index (χ0) is 8.54. The monoisotopic (exact) mass is 151 g/mol. The van der Waals surface area contributed by atoms with Gasteiger partial charge in [-0.2, -0.15) is 0 Å². The minimum absolute atomic E-state index is 0.147. The number of hydrogen-bond donors (Lipinski definition) is 1. The summed E-state index contributed by atoms with van der Waals surface area (Å²) in [5.74, 6) is 0. The van der Waals surface area contributed by atoms with Gasteiger partial charge in [-0.15, -0.1) is 0 Å². The summed E-state index contributed by atoms with van der Waals surface area (Å²) in [6.45, 7) is 6.53. The van der Waals surface area contributed by atoms with E-state index in [4.69, 9.17) is 5.73 Å². The lowest BCUT2D eigenvalue weighted by Gasteiger charge is -2.39. The second kappa shape index (κ2) is 2.49. The predicted octanol–water partition coefficient (Wildman–Crippen LogP) is 2.25. The van der Waals surface area contributed by atoms with Crippen LogP contribution in [0.1, 0.15) is 27.2 Å². The zero-order valence-electron chi connectivity index (χ0n) is 7.59. The Morgan fingerprint density at radius 2 is 1.91 bits per heavy atom. The normalized spacial score (nSPS) is 30.9. The first-order chi connectivity index (χ1) is 4.96. The number of hydrogen-bond acceptors (Lipinski definition) is 1. The van der Waals surface area contributed by atoms with Crippen molar-refractivity contribution in [2.75, 3.05) is 0 Å². The molecule has 0 saturated heterocycles. The van der Waals surface area contributed by atoms with Gasteiger partial charge in [-0.1, -0.05) is 45.1 Å². The lowest BCUT2D eigenvalue weighted by molar-refractivity contribution is 0.241. The maximum absolute atomic E-state index is 6.20. The number of nitrogens with two attached hydrogens (primary N) is 1. The molecule has 0 radical (unpaired) electrons. The first kappa shape index (κ1) is 8.54. The maximum Gasteiger partial charge on any atom is 0.0426 e. The Bertz CT molecular complexity index is 195. The second-order valence-corrected chi connectivity index (χ2v) is 4.28. The molecule has 1 rings (SSSR count). The molecule has 1 atom stereocenters. The highest BCUT2D eigenvalue weighted by Crippen LogP contribution is 2.33. The zero-order valence-corrected chi connectivity index (χ0v) is 7.59. The molecule has 1 nitrogen and oxygen atoms in total. The van der Waals surface area contributed by atoms with Crippen LogP contribution in [0.25, 0.3) is 0 Å². The number of rotatable bonds is 0. The molecule has 1 unspecified atom stereocenters. The van der Waals surface area contributed by atoms with E-state index in [2.05, 4.69) is 39.0 Å². The molecule has 0 aromatic heterocycles. The van der Waals surface area contributed by atoms with Crippen LogP contribution in [0, 0.1) is 5.41 Å². The van der Waals surface area contributed by atoms with E-state index in [1.165, 1.54) is 0 Å². The Hall–Kier alpha value is -0.560. The summed E-state index contributed by atoms with van der Waals surface area (Å²) in [5, 5.41) is 0. The van der Waals surface area contributed by atoms with Crippen molar-refractivity contribution in [3.8, 4) is 0 Å². The van der Waals surface area contributed by atoms with Gasteiger partial charge in [0.15, 0.2) is 0 Å². The SMILES string of the molecule is CC(C)(C)C1(N)C=CC=CC1. The fourth-order valence-electron chi connectivity index (χ4n) is 1.19. The Kier molecular flexibility index (Phi) is 1.93. The maximum atomic E-state index is 6.20. The second-order valence-electron chi connectivity index (χ2n) is 4.28. The van der Waals surface area contributed by atoms with Gasteiger partial charge in [-0.05, 0) is 11.8 Å². The molecule has 0 spiro atoms. The van der Waals surface area contributed by atoms with E-state index in [9.17, 15) is 0 Å². The first-order valence-electron chi connectivity index (χ1n) is 4.09. The van der Waals surface area contributed by atoms with Gasteiger partial charge in [0.2, 0.25) is 0 Å². The van der Waals surface area contributed by atoms with Crippen LogP contribution >= 0.6 is 0 Å². The van der Waals surface area contributed by atoms with Crippen molar-refractivity contribution in [2.24, 2.45) is 11.1 Å². The van der Waals surface area contributed by atoms with Crippen LogP contribution < -0.4 is 5.73 Å². The highest BCUT2D eigenvalue weighted by molar-refractivity contribution is 5.23. The van der Waals surface area contributed by atoms with Gasteiger partial charge in [-0.25, -0.2) is 0 Å². The van der Waals surface area contributed by atoms with Gasteiger partial charge in [0, 0.05) is 5.54 Å². The Morgan fingerprint density at radius 3 is 2.18 bits per heavy atom. The third-order valence-corrected chi connectivity index (χ3v) is 2.49. The van der Waals surface area contributed by atoms with Crippen LogP contribution in [0.3, 0.4) is 0 Å². The fraction of sp³-hybridized carbons (Fsp3) is 0.600. The van der Waals surface area contributed by atoms with E-state index >= 15 is 0 Å². The summed E-state index contributed by atoms with van der Waals surface area (Å²) >= 11 is 0. The van der Waals surface area contributed by atoms with Crippen molar-refractivity contribution in [3.63, 3.8) is 0 Å². The van der Waals surface area contributed by atoms with Crippen LogP contribution in [0.5, 0.6) is 0 Å². The van der Waals surface area contributed by atoms with Gasteiger partial charge >= 0.3 is 0 Å². The van der Waals surface area contributed by atoms with Gasteiger partial charge in [0.05, 0.1) is 0 Å². The molecular weight excluding hydrogens is 134 g/mol. The Balaban J connectivity index is 2.84. The minimum Gasteiger partial charge on any atom is -0.321 e. The van der Waals surface area contributed by atoms with Crippen LogP contribution in [-0.4, -0.2) is 5.54 Å². The van der Waals surface area contributed by atoms with Crippen molar-refractivity contribution in [1.82, 2.24) is 0 Å². The fourth-order valence-corrected chi connectivity index (χ4v) is 1.19. The van der Waals surface area contributed by atoms with Crippen molar-refractivity contribution in [3.05, 3.63) is 24.3 Å². The van der Waals surface area contributed by atoms with Crippen molar-refractivity contribution in [1.29, 1.82) is 0 Å². The first-order valence-corrected chi connectivity index (χ1v) is 4.09. The third kappa shape index (κ3) is 1.54. The highest BCUT2D eigenvalue weighted by atomic mass is 14.8. The average Bonchev–Trinajstić information content (AvgIpc) is 1.87. The van der Waals surface area contributed by atoms with Crippen molar-refractivity contribution < 1.29 is 0 Å². The van der Waals surface area contributed by atoms with E-state index < -0.39 is 0 Å². The lowest BCUT2D eigenvalue weighted by Crippen LogP contribution is -2.49. The van der Waals surface area contributed by atoms with Gasteiger partial charge < -0.3 is 5.73 Å². The van der Waals surface area contributed by atoms with Crippen LogP contribution in [-0.2, 0) is 0 Å². The Labute approximate surface area is 69.0 Å². The summed E-state index contributed by atoms with van der Waals surface area (Å²) in [6, 6.07) is 0. The van der Waals surface area contributed by atoms with Crippen LogP contribution in [0.15, 0.2) is 24.3 Å². The molecule has 2 N–H and O–H groups in total. The molecule has 62 valence electrons. The van der Waals surface area contributed by atoms with E-state index in [0.717, 1.165) is 6.42 Å². The molecule has 0 aliphatic heterocycles. The molecule has 1 aliphatic carbocycles. The molecule has 11 heavy (non-hydrogen) atoms. The van der Waals surface area contributed by atoms with E-state index in [0.29, 0.717) is 0 Å². The average molecular weight is 151 g/mol. The van der Waals surface area contributed by atoms with E-state index in [1.54, 1.807) is 0 Å². The standard InChI is InChI=1S/C10H17N/c1-9(2,3)10(11)7-5-4-6-8-10/h4-7H,8,11H2,1-3H3. The summed E-state index contributed by atoms with van der Waals surface area (Å²) < 4.78 is 0. The summed E-state index contributed by atoms with van der Waals surface area (Å²) in [4.78, 5) is 0. The van der Waals surface area contributed by atoms with Crippen molar-refractivity contribution in [2.45, 2.75) is 32.7 Å². The highest BCUT2D eigenvalue weighted by Gasteiger charge is 2.35. The molecular formula is C10H17N. The van der Waals surface area contributed by atoms with Gasteiger partial charge in [-0.3, -0.25) is 0 Å². The Morgan fingerprint density at radius 1 is 1.27 bits per heavy atom. The molecule has 1 heteroatoms. The molecule has 0 bridgehead atoms. The van der Waals surface area contributed by atoms with Crippen LogP contribution in [0.2, 0.25) is 0 Å². The smallest absolute Gasteiger partial charge is 0.0426 e. The van der Waals surface area contributed by atoms with E-state index in [1.807, 2.05) is 6.08 Å². The van der Waals surface area contributed by atoms with Crippen molar-refractivity contribution >= 4 is 0 Å². The summed E-state index contributed by atoms with van der Waals surface area (Å²) in [7, 11) is 0. The predicted molar refractivity (Wildman–Crippen MR) is 49.3 cm³/mol. The minimum atomic E-state index is -0.151. The molecule has 0 aromatic rings. The van der Waals surface area contributed by atoms with E-state index in [-0.39, 0.29) is 11.0 Å². The molecule has 0 saturated carbocycles. The number of allylic oxidation sites excluding steroid dienone is 2. The molecule has 1 aliphatic rings. The largest absolute Gasteiger partial charge is 0.321 e. The lowest BCUT2D eigenvalue weighted by atomic mass is 9.71. The third-order valence-electron chi connectivity index (χ3n) is 2.49. The quantitative estimate of drug-likeness (QED) is 0.564. The summed E-state index contributed by atoms with van der Waals surface area (Å²) in [5.41, 5.74) is 6.19. The topological polar surface area (TPSA) is 26.0 Å². The summed E-state index contributed by atoms with van der Waals surface area (Å²) in [6.07, 6.45) is 9.27.